The molecule has 1 saturated carbocycles. The zero-order valence-electron chi connectivity index (χ0n) is 21.2. The van der Waals surface area contributed by atoms with Crippen LogP contribution in [0.4, 0.5) is 4.79 Å². The Kier molecular flexibility index (Phi) is 10.3. The van der Waals surface area contributed by atoms with E-state index < -0.39 is 6.16 Å². The standard InChI is InChI=1S/C31H37NO3S/c1-2-34-31(33)35-32-30(22-15-24-9-5-3-6-10-24)27-16-20-29(21-17-27)36-28-18-13-26(14-19-28)23-25-11-7-4-8-12-25/h4,7-8,11-14,16-21,24,30,32H,2-3,5-6,9-10,15,22-23H2,1H3. The van der Waals surface area contributed by atoms with E-state index in [1.54, 1.807) is 18.7 Å². The summed E-state index contributed by atoms with van der Waals surface area (Å²) in [5.41, 5.74) is 6.74. The van der Waals surface area contributed by atoms with Gasteiger partial charge in [0.15, 0.2) is 0 Å². The Bertz CT molecular complexity index is 1050. The van der Waals surface area contributed by atoms with Crippen LogP contribution < -0.4 is 5.48 Å². The second kappa shape index (κ2) is 14.1. The lowest BCUT2D eigenvalue weighted by atomic mass is 9.84. The van der Waals surface area contributed by atoms with E-state index in [-0.39, 0.29) is 6.04 Å². The van der Waals surface area contributed by atoms with E-state index in [0.717, 1.165) is 30.7 Å². The molecule has 190 valence electrons. The lowest BCUT2D eigenvalue weighted by molar-refractivity contribution is 0.00336. The first-order valence-electron chi connectivity index (χ1n) is 13.2. The molecule has 36 heavy (non-hydrogen) atoms. The van der Waals surface area contributed by atoms with Crippen LogP contribution in [-0.4, -0.2) is 12.8 Å². The Morgan fingerprint density at radius 3 is 2.19 bits per heavy atom. The summed E-state index contributed by atoms with van der Waals surface area (Å²) in [6.45, 7) is 2.07. The molecule has 3 aromatic rings. The van der Waals surface area contributed by atoms with Crippen LogP contribution in [0.25, 0.3) is 0 Å². The van der Waals surface area contributed by atoms with Gasteiger partial charge in [0.1, 0.15) is 0 Å². The van der Waals surface area contributed by atoms with Crippen molar-refractivity contribution in [2.75, 3.05) is 6.61 Å². The number of hydrogen-bond donors (Lipinski definition) is 1. The lowest BCUT2D eigenvalue weighted by Crippen LogP contribution is -2.26. The molecule has 1 atom stereocenters. The molecule has 4 rings (SSSR count). The third-order valence-corrected chi connectivity index (χ3v) is 7.84. The van der Waals surface area contributed by atoms with Crippen molar-refractivity contribution in [2.24, 2.45) is 5.92 Å². The van der Waals surface area contributed by atoms with Crippen molar-refractivity contribution in [2.45, 2.75) is 74.1 Å². The second-order valence-corrected chi connectivity index (χ2v) is 10.7. The summed E-state index contributed by atoms with van der Waals surface area (Å²) < 4.78 is 4.92. The summed E-state index contributed by atoms with van der Waals surface area (Å²) in [7, 11) is 0. The van der Waals surface area contributed by atoms with Crippen molar-refractivity contribution in [3.63, 3.8) is 0 Å². The number of benzene rings is 3. The van der Waals surface area contributed by atoms with Gasteiger partial charge in [-0.25, -0.2) is 4.79 Å². The molecule has 0 heterocycles. The van der Waals surface area contributed by atoms with E-state index in [4.69, 9.17) is 9.57 Å². The first kappa shape index (κ1) is 26.3. The smallest absolute Gasteiger partial charge is 0.433 e. The van der Waals surface area contributed by atoms with Crippen LogP contribution in [0.15, 0.2) is 88.7 Å². The molecular formula is C31H37NO3S. The first-order valence-corrected chi connectivity index (χ1v) is 14.0. The molecule has 3 aromatic carbocycles. The van der Waals surface area contributed by atoms with Gasteiger partial charge in [-0.1, -0.05) is 98.5 Å². The maximum absolute atomic E-state index is 11.8. The minimum Gasteiger partial charge on any atom is -0.433 e. The molecule has 0 aliphatic heterocycles. The zero-order valence-corrected chi connectivity index (χ0v) is 22.0. The van der Waals surface area contributed by atoms with Gasteiger partial charge >= 0.3 is 6.16 Å². The van der Waals surface area contributed by atoms with Crippen molar-refractivity contribution < 1.29 is 14.4 Å². The highest BCUT2D eigenvalue weighted by atomic mass is 32.2. The van der Waals surface area contributed by atoms with Crippen LogP contribution in [0.2, 0.25) is 0 Å². The summed E-state index contributed by atoms with van der Waals surface area (Å²) in [5.74, 6) is 0.769. The SMILES string of the molecule is CCOC(=O)ONC(CCC1CCCCC1)c1ccc(Sc2ccc(Cc3ccccc3)cc2)cc1. The van der Waals surface area contributed by atoms with Crippen molar-refractivity contribution in [1.82, 2.24) is 5.48 Å². The largest absolute Gasteiger partial charge is 0.527 e. The molecule has 1 aliphatic carbocycles. The molecule has 0 aromatic heterocycles. The van der Waals surface area contributed by atoms with Gasteiger partial charge in [-0.3, -0.25) is 0 Å². The first-order chi connectivity index (χ1) is 17.7. The number of hydroxylamine groups is 1. The zero-order chi connectivity index (χ0) is 25.0. The molecule has 5 heteroatoms. The molecule has 0 radical (unpaired) electrons. The maximum atomic E-state index is 11.8. The van der Waals surface area contributed by atoms with Crippen molar-refractivity contribution >= 4 is 17.9 Å². The number of rotatable bonds is 11. The fourth-order valence-corrected chi connectivity index (χ4v) is 5.67. The number of hydrogen-bond acceptors (Lipinski definition) is 5. The summed E-state index contributed by atoms with van der Waals surface area (Å²) in [6.07, 6.45) is 8.99. The van der Waals surface area contributed by atoms with E-state index in [2.05, 4.69) is 84.3 Å². The molecule has 1 fully saturated rings. The van der Waals surface area contributed by atoms with Crippen molar-refractivity contribution in [3.8, 4) is 0 Å². The molecule has 0 bridgehead atoms. The molecule has 0 spiro atoms. The van der Waals surface area contributed by atoms with E-state index in [9.17, 15) is 4.79 Å². The van der Waals surface area contributed by atoms with E-state index in [1.807, 2.05) is 0 Å². The van der Waals surface area contributed by atoms with E-state index in [0.29, 0.717) is 6.61 Å². The summed E-state index contributed by atoms with van der Waals surface area (Å²) in [4.78, 5) is 19.4. The van der Waals surface area contributed by atoms with Gasteiger partial charge in [0, 0.05) is 9.79 Å². The predicted molar refractivity (Wildman–Crippen MR) is 146 cm³/mol. The van der Waals surface area contributed by atoms with Gasteiger partial charge in [-0.2, -0.15) is 0 Å². The van der Waals surface area contributed by atoms with Gasteiger partial charge < -0.3 is 9.57 Å². The topological polar surface area (TPSA) is 47.6 Å². The molecule has 1 N–H and O–H groups in total. The average Bonchev–Trinajstić information content (AvgIpc) is 2.92. The second-order valence-electron chi connectivity index (χ2n) is 9.51. The lowest BCUT2D eigenvalue weighted by Gasteiger charge is -2.24. The molecular weight excluding hydrogens is 466 g/mol. The van der Waals surface area contributed by atoms with Crippen molar-refractivity contribution in [1.29, 1.82) is 0 Å². The number of nitrogens with one attached hydrogen (secondary N) is 1. The van der Waals surface area contributed by atoms with Crippen LogP contribution in [0.3, 0.4) is 0 Å². The third-order valence-electron chi connectivity index (χ3n) is 6.83. The average molecular weight is 504 g/mol. The van der Waals surface area contributed by atoms with Gasteiger partial charge in [-0.05, 0) is 73.1 Å². The summed E-state index contributed by atoms with van der Waals surface area (Å²) >= 11 is 1.76. The van der Waals surface area contributed by atoms with Crippen LogP contribution in [-0.2, 0) is 16.0 Å². The summed E-state index contributed by atoms with van der Waals surface area (Å²) in [6, 6.07) is 27.9. The van der Waals surface area contributed by atoms with Crippen molar-refractivity contribution in [3.05, 3.63) is 95.6 Å². The molecule has 1 unspecified atom stereocenters. The normalized spacial score (nSPS) is 14.8. The summed E-state index contributed by atoms with van der Waals surface area (Å²) in [5, 5.41) is 0. The Morgan fingerprint density at radius 1 is 0.889 bits per heavy atom. The van der Waals surface area contributed by atoms with Gasteiger partial charge in [0.05, 0.1) is 12.6 Å². The molecule has 1 aliphatic rings. The predicted octanol–water partition coefficient (Wildman–Crippen LogP) is 8.51. The Labute approximate surface area is 219 Å². The van der Waals surface area contributed by atoms with Crippen LogP contribution in [0.5, 0.6) is 0 Å². The fourth-order valence-electron chi connectivity index (χ4n) is 4.85. The van der Waals surface area contributed by atoms with E-state index >= 15 is 0 Å². The molecule has 4 nitrogen and oxygen atoms in total. The minimum absolute atomic E-state index is 0.0485. The Morgan fingerprint density at radius 2 is 1.53 bits per heavy atom. The van der Waals surface area contributed by atoms with Crippen LogP contribution in [0.1, 0.15) is 74.6 Å². The van der Waals surface area contributed by atoms with Gasteiger partial charge in [0.25, 0.3) is 0 Å². The molecule has 0 saturated heterocycles. The number of ether oxygens (including phenoxy) is 1. The number of carbonyl (C=O) groups excluding carboxylic acids is 1. The van der Waals surface area contributed by atoms with E-state index in [1.165, 1.54) is 53.0 Å². The Hall–Kier alpha value is -2.76. The highest BCUT2D eigenvalue weighted by Gasteiger charge is 2.19. The fraction of sp³-hybridized carbons (Fsp3) is 0.387. The highest BCUT2D eigenvalue weighted by molar-refractivity contribution is 7.99. The quantitative estimate of drug-likeness (QED) is 0.210. The van der Waals surface area contributed by atoms with Crippen LogP contribution >= 0.6 is 11.8 Å². The minimum atomic E-state index is -0.678. The maximum Gasteiger partial charge on any atom is 0.527 e. The molecule has 0 amide bonds. The van der Waals surface area contributed by atoms with Gasteiger partial charge in [-0.15, -0.1) is 5.48 Å². The third kappa shape index (κ3) is 8.42. The monoisotopic (exact) mass is 503 g/mol. The van der Waals surface area contributed by atoms with Crippen LogP contribution in [0, 0.1) is 5.92 Å². The Balaban J connectivity index is 1.35. The number of carbonyl (C=O) groups is 1. The van der Waals surface area contributed by atoms with Gasteiger partial charge in [0.2, 0.25) is 0 Å². The highest BCUT2D eigenvalue weighted by Crippen LogP contribution is 2.32.